The minimum atomic E-state index is 0.575. The molecule has 54 valence electrons. The lowest BCUT2D eigenvalue weighted by atomic mass is 10.2. The van der Waals surface area contributed by atoms with Crippen molar-refractivity contribution in [2.24, 2.45) is 0 Å². The number of nitrogens with zero attached hydrogens (tertiary/aromatic N) is 2. The normalized spacial score (nSPS) is 8.73. The van der Waals surface area contributed by atoms with Crippen LogP contribution in [0.4, 0.5) is 0 Å². The van der Waals surface area contributed by atoms with Gasteiger partial charge in [-0.05, 0) is 25.1 Å². The molecule has 2 nitrogen and oxygen atoms in total. The van der Waals surface area contributed by atoms with Crippen molar-refractivity contribution >= 4 is 6.08 Å². The first-order valence-corrected chi connectivity index (χ1v) is 3.28. The number of hydrogen-bond donors (Lipinski definition) is 0. The van der Waals surface area contributed by atoms with Gasteiger partial charge in [-0.3, -0.25) is 4.98 Å². The molecule has 0 aliphatic heterocycles. The average molecular weight is 144 g/mol. The quantitative estimate of drug-likeness (QED) is 0.603. The Labute approximate surface area is 65.8 Å². The number of aromatic nitrogens is 1. The van der Waals surface area contributed by atoms with Crippen LogP contribution < -0.4 is 0 Å². The molecule has 0 fully saturated rings. The van der Waals surface area contributed by atoms with Gasteiger partial charge in [0.1, 0.15) is 6.07 Å². The van der Waals surface area contributed by atoms with Gasteiger partial charge in [0.05, 0.1) is 11.3 Å². The van der Waals surface area contributed by atoms with Crippen molar-refractivity contribution in [3.63, 3.8) is 0 Å². The summed E-state index contributed by atoms with van der Waals surface area (Å²) < 4.78 is 0. The maximum absolute atomic E-state index is 8.60. The molecule has 2 heteroatoms. The first-order chi connectivity index (χ1) is 5.27. The maximum atomic E-state index is 8.60. The van der Waals surface area contributed by atoms with Crippen LogP contribution in [0.2, 0.25) is 0 Å². The van der Waals surface area contributed by atoms with Crippen LogP contribution in [0.5, 0.6) is 0 Å². The van der Waals surface area contributed by atoms with Crippen molar-refractivity contribution in [1.82, 2.24) is 4.98 Å². The number of hydrogen-bond acceptors (Lipinski definition) is 2. The SMILES string of the molecule is C=Cc1nc(C)ccc1C#N. The van der Waals surface area contributed by atoms with Crippen molar-refractivity contribution in [2.75, 3.05) is 0 Å². The van der Waals surface area contributed by atoms with Gasteiger partial charge in [-0.25, -0.2) is 0 Å². The molecule has 1 aromatic heterocycles. The third kappa shape index (κ3) is 1.44. The predicted octanol–water partition coefficient (Wildman–Crippen LogP) is 1.90. The minimum Gasteiger partial charge on any atom is -0.252 e. The highest BCUT2D eigenvalue weighted by Crippen LogP contribution is 2.06. The van der Waals surface area contributed by atoms with Gasteiger partial charge in [-0.2, -0.15) is 5.26 Å². The Morgan fingerprint density at radius 2 is 2.36 bits per heavy atom. The highest BCUT2D eigenvalue weighted by Gasteiger charge is 1.97. The molecular weight excluding hydrogens is 136 g/mol. The lowest BCUT2D eigenvalue weighted by Gasteiger charge is -1.96. The van der Waals surface area contributed by atoms with Crippen LogP contribution in [-0.2, 0) is 0 Å². The Kier molecular flexibility index (Phi) is 2.03. The number of nitriles is 1. The highest BCUT2D eigenvalue weighted by atomic mass is 14.7. The van der Waals surface area contributed by atoms with Crippen LogP contribution in [0, 0.1) is 18.3 Å². The number of pyridine rings is 1. The lowest BCUT2D eigenvalue weighted by molar-refractivity contribution is 1.17. The van der Waals surface area contributed by atoms with E-state index in [9.17, 15) is 0 Å². The zero-order chi connectivity index (χ0) is 8.27. The minimum absolute atomic E-state index is 0.575. The highest BCUT2D eigenvalue weighted by molar-refractivity contribution is 5.52. The Morgan fingerprint density at radius 1 is 1.64 bits per heavy atom. The molecule has 0 amide bonds. The zero-order valence-electron chi connectivity index (χ0n) is 6.33. The second-order valence-corrected chi connectivity index (χ2v) is 2.20. The largest absolute Gasteiger partial charge is 0.252 e. The Bertz CT molecular complexity index is 321. The standard InChI is InChI=1S/C9H8N2/c1-3-9-8(6-10)5-4-7(2)11-9/h3-5H,1H2,2H3. The van der Waals surface area contributed by atoms with Crippen LogP contribution in [0.1, 0.15) is 17.0 Å². The van der Waals surface area contributed by atoms with Crippen molar-refractivity contribution in [2.45, 2.75) is 6.92 Å². The van der Waals surface area contributed by atoms with Gasteiger partial charge >= 0.3 is 0 Å². The molecule has 0 saturated heterocycles. The molecule has 0 aliphatic carbocycles. The van der Waals surface area contributed by atoms with Gasteiger partial charge in [0.15, 0.2) is 0 Å². The fourth-order valence-corrected chi connectivity index (χ4v) is 0.827. The molecule has 1 heterocycles. The second-order valence-electron chi connectivity index (χ2n) is 2.20. The van der Waals surface area contributed by atoms with E-state index < -0.39 is 0 Å². The second kappa shape index (κ2) is 2.98. The molecule has 0 saturated carbocycles. The first-order valence-electron chi connectivity index (χ1n) is 3.28. The van der Waals surface area contributed by atoms with E-state index in [-0.39, 0.29) is 0 Å². The van der Waals surface area contributed by atoms with E-state index in [2.05, 4.69) is 11.6 Å². The summed E-state index contributed by atoms with van der Waals surface area (Å²) in [5.41, 5.74) is 2.14. The van der Waals surface area contributed by atoms with Crippen LogP contribution in [0.15, 0.2) is 18.7 Å². The monoisotopic (exact) mass is 144 g/mol. The Hall–Kier alpha value is -1.62. The van der Waals surface area contributed by atoms with Crippen LogP contribution in [0.3, 0.4) is 0 Å². The van der Waals surface area contributed by atoms with Crippen molar-refractivity contribution in [3.05, 3.63) is 35.7 Å². The molecule has 0 bridgehead atoms. The Balaban J connectivity index is 3.30. The van der Waals surface area contributed by atoms with Crippen LogP contribution in [0.25, 0.3) is 6.08 Å². The molecule has 0 N–H and O–H groups in total. The fourth-order valence-electron chi connectivity index (χ4n) is 0.827. The summed E-state index contributed by atoms with van der Waals surface area (Å²) >= 11 is 0. The van der Waals surface area contributed by atoms with Gasteiger partial charge in [-0.15, -0.1) is 0 Å². The molecule has 0 aromatic carbocycles. The molecular formula is C9H8N2. The van der Waals surface area contributed by atoms with E-state index in [1.165, 1.54) is 0 Å². The van der Waals surface area contributed by atoms with E-state index in [0.29, 0.717) is 11.3 Å². The number of aryl methyl sites for hydroxylation is 1. The third-order valence-corrected chi connectivity index (χ3v) is 1.38. The molecule has 11 heavy (non-hydrogen) atoms. The topological polar surface area (TPSA) is 36.7 Å². The van der Waals surface area contributed by atoms with E-state index in [0.717, 1.165) is 5.69 Å². The summed E-state index contributed by atoms with van der Waals surface area (Å²) in [6.07, 6.45) is 1.59. The molecule has 0 spiro atoms. The summed E-state index contributed by atoms with van der Waals surface area (Å²) in [4.78, 5) is 4.12. The first kappa shape index (κ1) is 7.49. The van der Waals surface area contributed by atoms with Gasteiger partial charge in [0.25, 0.3) is 0 Å². The predicted molar refractivity (Wildman–Crippen MR) is 43.8 cm³/mol. The van der Waals surface area contributed by atoms with Crippen molar-refractivity contribution in [3.8, 4) is 6.07 Å². The summed E-state index contributed by atoms with van der Waals surface area (Å²) in [5, 5.41) is 8.60. The lowest BCUT2D eigenvalue weighted by Crippen LogP contribution is -1.89. The van der Waals surface area contributed by atoms with Crippen LogP contribution >= 0.6 is 0 Å². The summed E-state index contributed by atoms with van der Waals surface area (Å²) in [5.74, 6) is 0. The molecule has 1 rings (SSSR count). The van der Waals surface area contributed by atoms with Gasteiger partial charge in [0, 0.05) is 5.69 Å². The zero-order valence-corrected chi connectivity index (χ0v) is 6.33. The van der Waals surface area contributed by atoms with Gasteiger partial charge in [0.2, 0.25) is 0 Å². The number of rotatable bonds is 1. The van der Waals surface area contributed by atoms with Crippen molar-refractivity contribution in [1.29, 1.82) is 5.26 Å². The molecule has 0 unspecified atom stereocenters. The molecule has 1 aromatic rings. The molecule has 0 atom stereocenters. The van der Waals surface area contributed by atoms with Crippen LogP contribution in [-0.4, -0.2) is 4.98 Å². The Morgan fingerprint density at radius 3 is 2.91 bits per heavy atom. The third-order valence-electron chi connectivity index (χ3n) is 1.38. The van der Waals surface area contributed by atoms with E-state index in [4.69, 9.17) is 5.26 Å². The summed E-state index contributed by atoms with van der Waals surface area (Å²) in [7, 11) is 0. The van der Waals surface area contributed by atoms with Gasteiger partial charge < -0.3 is 0 Å². The van der Waals surface area contributed by atoms with Gasteiger partial charge in [-0.1, -0.05) is 6.58 Å². The van der Waals surface area contributed by atoms with E-state index >= 15 is 0 Å². The van der Waals surface area contributed by atoms with Crippen molar-refractivity contribution < 1.29 is 0 Å². The fraction of sp³-hybridized carbons (Fsp3) is 0.111. The molecule has 0 radical (unpaired) electrons. The summed E-state index contributed by atoms with van der Waals surface area (Å²) in [6.45, 7) is 5.45. The average Bonchev–Trinajstić information content (AvgIpc) is 2.04. The van der Waals surface area contributed by atoms with E-state index in [1.54, 1.807) is 12.1 Å². The summed E-state index contributed by atoms with van der Waals surface area (Å²) in [6, 6.07) is 5.60. The van der Waals surface area contributed by atoms with E-state index in [1.807, 2.05) is 19.1 Å². The molecule has 0 aliphatic rings. The maximum Gasteiger partial charge on any atom is 0.101 e. The smallest absolute Gasteiger partial charge is 0.101 e.